The monoisotopic (exact) mass is 425 g/mol. The predicted octanol–water partition coefficient (Wildman–Crippen LogP) is 6.84. The molecule has 0 unspecified atom stereocenters. The van der Waals surface area contributed by atoms with Gasteiger partial charge in [-0.2, -0.15) is 0 Å². The number of allylic oxidation sites excluding steroid dienone is 2. The molecule has 0 aliphatic rings. The molecule has 6 nitrogen and oxygen atoms in total. The highest BCUT2D eigenvalue weighted by atomic mass is 16.1. The number of nitrogens with zero attached hydrogens (tertiary/aromatic N) is 3. The van der Waals surface area contributed by atoms with Crippen LogP contribution in [0.3, 0.4) is 0 Å². The molecule has 1 aromatic carbocycles. The number of aromatic nitrogens is 4. The van der Waals surface area contributed by atoms with Crippen LogP contribution < -0.4 is 5.32 Å². The number of hydrogen-bond acceptors (Lipinski definition) is 4. The summed E-state index contributed by atoms with van der Waals surface area (Å²) in [5, 5.41) is 16.7. The molecule has 0 aliphatic carbocycles. The van der Waals surface area contributed by atoms with Crippen molar-refractivity contribution in [2.24, 2.45) is 0 Å². The number of tetrazole rings is 1. The van der Waals surface area contributed by atoms with E-state index in [0.29, 0.717) is 12.2 Å². The van der Waals surface area contributed by atoms with Crippen LogP contribution in [0.4, 0.5) is 5.69 Å². The Kier molecular flexibility index (Phi) is 13.0. The van der Waals surface area contributed by atoms with E-state index in [4.69, 9.17) is 0 Å². The Hall–Kier alpha value is -2.50. The van der Waals surface area contributed by atoms with Crippen LogP contribution >= 0.6 is 0 Å². The first-order chi connectivity index (χ1) is 15.3. The molecule has 31 heavy (non-hydrogen) atoms. The van der Waals surface area contributed by atoms with E-state index in [1.165, 1.54) is 70.6 Å². The van der Waals surface area contributed by atoms with Crippen LogP contribution in [0, 0.1) is 0 Å². The van der Waals surface area contributed by atoms with Crippen molar-refractivity contribution in [1.29, 1.82) is 0 Å². The maximum absolute atomic E-state index is 12.1. The summed E-state index contributed by atoms with van der Waals surface area (Å²) < 4.78 is 0. The lowest BCUT2D eigenvalue weighted by Gasteiger charge is -2.06. The number of H-pyrrole nitrogens is 1. The molecule has 1 amide bonds. The van der Waals surface area contributed by atoms with Gasteiger partial charge in [-0.05, 0) is 66.8 Å². The van der Waals surface area contributed by atoms with Gasteiger partial charge in [0.2, 0.25) is 5.91 Å². The summed E-state index contributed by atoms with van der Waals surface area (Å²) in [6, 6.07) is 7.52. The summed E-state index contributed by atoms with van der Waals surface area (Å²) >= 11 is 0. The molecule has 0 spiro atoms. The van der Waals surface area contributed by atoms with Crippen LogP contribution in [-0.4, -0.2) is 26.5 Å². The first kappa shape index (κ1) is 24.8. The summed E-state index contributed by atoms with van der Waals surface area (Å²) in [7, 11) is 0. The highest BCUT2D eigenvalue weighted by molar-refractivity contribution is 5.90. The second-order valence-electron chi connectivity index (χ2n) is 8.21. The van der Waals surface area contributed by atoms with Crippen molar-refractivity contribution in [3.63, 3.8) is 0 Å². The third-order valence-corrected chi connectivity index (χ3v) is 5.45. The molecule has 170 valence electrons. The van der Waals surface area contributed by atoms with E-state index < -0.39 is 0 Å². The molecule has 0 fully saturated rings. The highest BCUT2D eigenvalue weighted by Gasteiger charge is 2.04. The zero-order valence-electron chi connectivity index (χ0n) is 19.1. The average Bonchev–Trinajstić information content (AvgIpc) is 3.32. The average molecular weight is 426 g/mol. The SMILES string of the molecule is CCCCCCCC/C=C\CCCCCCCC(=O)Nc1ccc(-c2nnn[nH]2)cc1. The zero-order valence-corrected chi connectivity index (χ0v) is 19.1. The minimum absolute atomic E-state index is 0.0757. The van der Waals surface area contributed by atoms with E-state index in [1.54, 1.807) is 0 Å². The fourth-order valence-corrected chi connectivity index (χ4v) is 3.57. The van der Waals surface area contributed by atoms with Crippen LogP contribution in [0.2, 0.25) is 0 Å². The number of unbranched alkanes of at least 4 members (excludes halogenated alkanes) is 11. The molecular weight excluding hydrogens is 386 g/mol. The summed E-state index contributed by atoms with van der Waals surface area (Å²) in [6.07, 6.45) is 21.7. The molecule has 2 rings (SSSR count). The number of anilines is 1. The molecule has 0 bridgehead atoms. The number of hydrogen-bond donors (Lipinski definition) is 2. The van der Waals surface area contributed by atoms with Crippen LogP contribution in [0.1, 0.15) is 96.8 Å². The molecule has 0 radical (unpaired) electrons. The lowest BCUT2D eigenvalue weighted by atomic mass is 10.1. The Morgan fingerprint density at radius 1 is 0.871 bits per heavy atom. The van der Waals surface area contributed by atoms with Gasteiger partial charge in [0.1, 0.15) is 0 Å². The van der Waals surface area contributed by atoms with Crippen LogP contribution in [0.15, 0.2) is 36.4 Å². The number of nitrogens with one attached hydrogen (secondary N) is 2. The van der Waals surface area contributed by atoms with E-state index in [9.17, 15) is 4.79 Å². The molecular formula is C25H39N5O. The molecule has 6 heteroatoms. The van der Waals surface area contributed by atoms with Crippen molar-refractivity contribution in [3.8, 4) is 11.4 Å². The van der Waals surface area contributed by atoms with Gasteiger partial charge in [0.25, 0.3) is 0 Å². The lowest BCUT2D eigenvalue weighted by Crippen LogP contribution is -2.10. The van der Waals surface area contributed by atoms with Crippen molar-refractivity contribution >= 4 is 11.6 Å². The first-order valence-electron chi connectivity index (χ1n) is 12.1. The number of aromatic amines is 1. The summed E-state index contributed by atoms with van der Waals surface area (Å²) in [6.45, 7) is 2.27. The van der Waals surface area contributed by atoms with E-state index in [0.717, 1.165) is 24.1 Å². The molecule has 0 aliphatic heterocycles. The number of carbonyl (C=O) groups excluding carboxylic acids is 1. The molecule has 2 aromatic rings. The van der Waals surface area contributed by atoms with Crippen molar-refractivity contribution in [1.82, 2.24) is 20.6 Å². The predicted molar refractivity (Wildman–Crippen MR) is 128 cm³/mol. The van der Waals surface area contributed by atoms with Crippen LogP contribution in [0.25, 0.3) is 11.4 Å². The minimum atomic E-state index is 0.0757. The van der Waals surface area contributed by atoms with E-state index in [-0.39, 0.29) is 5.91 Å². The Morgan fingerprint density at radius 3 is 2.10 bits per heavy atom. The summed E-state index contributed by atoms with van der Waals surface area (Å²) in [4.78, 5) is 12.1. The molecule has 1 heterocycles. The van der Waals surface area contributed by atoms with E-state index in [1.807, 2.05) is 24.3 Å². The van der Waals surface area contributed by atoms with Gasteiger partial charge in [-0.15, -0.1) is 5.10 Å². The van der Waals surface area contributed by atoms with Gasteiger partial charge in [0, 0.05) is 17.7 Å². The lowest BCUT2D eigenvalue weighted by molar-refractivity contribution is -0.116. The minimum Gasteiger partial charge on any atom is -0.326 e. The molecule has 2 N–H and O–H groups in total. The molecule has 0 saturated heterocycles. The van der Waals surface area contributed by atoms with Crippen molar-refractivity contribution in [3.05, 3.63) is 36.4 Å². The van der Waals surface area contributed by atoms with Crippen LogP contribution in [-0.2, 0) is 4.79 Å². The Bertz CT molecular complexity index is 725. The van der Waals surface area contributed by atoms with Crippen molar-refractivity contribution < 1.29 is 4.79 Å². The highest BCUT2D eigenvalue weighted by Crippen LogP contribution is 2.17. The van der Waals surface area contributed by atoms with Crippen LogP contribution in [0.5, 0.6) is 0 Å². The third-order valence-electron chi connectivity index (χ3n) is 5.45. The van der Waals surface area contributed by atoms with Gasteiger partial charge >= 0.3 is 0 Å². The van der Waals surface area contributed by atoms with E-state index >= 15 is 0 Å². The van der Waals surface area contributed by atoms with Crippen molar-refractivity contribution in [2.45, 2.75) is 96.8 Å². The quantitative estimate of drug-likeness (QED) is 0.215. The fraction of sp³-hybridized carbons (Fsp3) is 0.600. The molecule has 0 saturated carbocycles. The second-order valence-corrected chi connectivity index (χ2v) is 8.21. The van der Waals surface area contributed by atoms with Gasteiger partial charge in [0.15, 0.2) is 5.82 Å². The summed E-state index contributed by atoms with van der Waals surface area (Å²) in [5.74, 6) is 0.692. The Morgan fingerprint density at radius 2 is 1.48 bits per heavy atom. The third kappa shape index (κ3) is 11.5. The first-order valence-corrected chi connectivity index (χ1v) is 12.1. The number of carbonyl (C=O) groups is 1. The number of amides is 1. The Labute approximate surface area is 187 Å². The molecule has 0 atom stereocenters. The van der Waals surface area contributed by atoms with Gasteiger partial charge in [0.05, 0.1) is 0 Å². The second kappa shape index (κ2) is 16.2. The Balaban J connectivity index is 1.42. The topological polar surface area (TPSA) is 83.6 Å². The smallest absolute Gasteiger partial charge is 0.224 e. The van der Waals surface area contributed by atoms with Gasteiger partial charge < -0.3 is 5.32 Å². The van der Waals surface area contributed by atoms with Gasteiger partial charge in [-0.1, -0.05) is 70.4 Å². The fourth-order valence-electron chi connectivity index (χ4n) is 3.57. The molecule has 1 aromatic heterocycles. The summed E-state index contributed by atoms with van der Waals surface area (Å²) in [5.41, 5.74) is 1.69. The van der Waals surface area contributed by atoms with Gasteiger partial charge in [-0.25, -0.2) is 5.10 Å². The maximum Gasteiger partial charge on any atom is 0.224 e. The number of benzene rings is 1. The largest absolute Gasteiger partial charge is 0.326 e. The zero-order chi connectivity index (χ0) is 22.0. The van der Waals surface area contributed by atoms with Gasteiger partial charge in [-0.3, -0.25) is 4.79 Å². The standard InChI is InChI=1S/C25H39N5O/c1-2-3-4-5-6-7-8-9-10-11-12-13-14-15-16-17-24(31)26-23-20-18-22(19-21-23)25-27-29-30-28-25/h9-10,18-21H,2-8,11-17H2,1H3,(H,26,31)(H,27,28,29,30)/b10-9-. The van der Waals surface area contributed by atoms with E-state index in [2.05, 4.69) is 45.0 Å². The number of rotatable bonds is 17. The van der Waals surface area contributed by atoms with Crippen molar-refractivity contribution in [2.75, 3.05) is 5.32 Å². The maximum atomic E-state index is 12.1. The normalized spacial score (nSPS) is 11.3.